The Morgan fingerprint density at radius 2 is 2.27 bits per heavy atom. The molecule has 1 N–H and O–H groups in total. The van der Waals surface area contributed by atoms with E-state index in [1.165, 1.54) is 6.26 Å². The lowest BCUT2D eigenvalue weighted by Crippen LogP contribution is -2.10. The van der Waals surface area contributed by atoms with Crippen LogP contribution in [0, 0.1) is 0 Å². The summed E-state index contributed by atoms with van der Waals surface area (Å²) in [5.74, 6) is 1.02. The summed E-state index contributed by atoms with van der Waals surface area (Å²) in [6.07, 6.45) is 5.43. The van der Waals surface area contributed by atoms with Gasteiger partial charge in [-0.25, -0.2) is 13.4 Å². The minimum absolute atomic E-state index is 0.219. The summed E-state index contributed by atoms with van der Waals surface area (Å²) in [5, 5.41) is 3.11. The van der Waals surface area contributed by atoms with Crippen molar-refractivity contribution < 1.29 is 8.42 Å². The van der Waals surface area contributed by atoms with Crippen molar-refractivity contribution in [3.8, 4) is 0 Å². The number of aromatic nitrogens is 2. The van der Waals surface area contributed by atoms with Gasteiger partial charge in [-0.3, -0.25) is 0 Å². The Kier molecular flexibility index (Phi) is 4.14. The van der Waals surface area contributed by atoms with Gasteiger partial charge in [0.1, 0.15) is 9.84 Å². The molecule has 0 aliphatic heterocycles. The van der Waals surface area contributed by atoms with Gasteiger partial charge in [0.25, 0.3) is 0 Å². The molecule has 1 rings (SSSR count). The molecule has 0 radical (unpaired) electrons. The van der Waals surface area contributed by atoms with E-state index in [-0.39, 0.29) is 5.75 Å². The van der Waals surface area contributed by atoms with Gasteiger partial charge in [-0.05, 0) is 13.3 Å². The summed E-state index contributed by atoms with van der Waals surface area (Å²) in [5.41, 5.74) is 0. The Morgan fingerprint density at radius 3 is 2.87 bits per heavy atom. The highest BCUT2D eigenvalue weighted by Crippen LogP contribution is 2.05. The highest BCUT2D eigenvalue weighted by molar-refractivity contribution is 7.90. The topological polar surface area (TPSA) is 64.0 Å². The zero-order chi connectivity index (χ0) is 11.3. The van der Waals surface area contributed by atoms with Crippen LogP contribution in [0.3, 0.4) is 0 Å². The van der Waals surface area contributed by atoms with Crippen molar-refractivity contribution in [2.24, 2.45) is 0 Å². The number of hydrogen-bond donors (Lipinski definition) is 1. The van der Waals surface area contributed by atoms with Crippen molar-refractivity contribution in [3.05, 3.63) is 12.4 Å². The molecule has 0 aliphatic carbocycles. The Bertz CT molecular complexity index is 397. The number of nitrogens with one attached hydrogen (secondary N) is 1. The number of rotatable bonds is 6. The summed E-state index contributed by atoms with van der Waals surface area (Å²) in [4.78, 5) is 4.12. The average molecular weight is 231 g/mol. The molecule has 0 atom stereocenters. The molecule has 0 aromatic carbocycles. The van der Waals surface area contributed by atoms with Gasteiger partial charge in [-0.1, -0.05) is 0 Å². The fraction of sp³-hybridized carbons (Fsp3) is 0.667. The first-order chi connectivity index (χ1) is 7.03. The standard InChI is InChI=1S/C9H17N3O2S/c1-3-10-9-11-5-7-12(9)6-4-8-15(2,13)14/h5,7H,3-4,6,8H2,1-2H3,(H,10,11). The molecule has 6 heteroatoms. The van der Waals surface area contributed by atoms with E-state index in [4.69, 9.17) is 0 Å². The number of sulfone groups is 1. The average Bonchev–Trinajstić information content (AvgIpc) is 2.51. The quantitative estimate of drug-likeness (QED) is 0.784. The lowest BCUT2D eigenvalue weighted by atomic mass is 10.5. The van der Waals surface area contributed by atoms with Gasteiger partial charge in [0, 0.05) is 31.7 Å². The second-order valence-electron chi connectivity index (χ2n) is 3.46. The van der Waals surface area contributed by atoms with Gasteiger partial charge in [-0.2, -0.15) is 0 Å². The first-order valence-electron chi connectivity index (χ1n) is 4.95. The van der Waals surface area contributed by atoms with Crippen LogP contribution in [0.5, 0.6) is 0 Å². The molecule has 15 heavy (non-hydrogen) atoms. The first kappa shape index (κ1) is 12.0. The Balaban J connectivity index is 2.47. The zero-order valence-corrected chi connectivity index (χ0v) is 9.92. The van der Waals surface area contributed by atoms with Crippen LogP contribution in [0.4, 0.5) is 5.95 Å². The van der Waals surface area contributed by atoms with Crippen molar-refractivity contribution in [3.63, 3.8) is 0 Å². The van der Waals surface area contributed by atoms with Crippen molar-refractivity contribution in [2.75, 3.05) is 23.9 Å². The summed E-state index contributed by atoms with van der Waals surface area (Å²) < 4.78 is 23.8. The van der Waals surface area contributed by atoms with E-state index in [1.807, 2.05) is 17.7 Å². The SMILES string of the molecule is CCNc1nccn1CCCS(C)(=O)=O. The fourth-order valence-electron chi connectivity index (χ4n) is 1.31. The van der Waals surface area contributed by atoms with Crippen LogP contribution in [-0.4, -0.2) is 36.5 Å². The monoisotopic (exact) mass is 231 g/mol. The molecule has 0 bridgehead atoms. The molecule has 1 aromatic heterocycles. The number of nitrogens with zero attached hydrogens (tertiary/aromatic N) is 2. The fourth-order valence-corrected chi connectivity index (χ4v) is 1.97. The minimum atomic E-state index is -2.86. The van der Waals surface area contributed by atoms with E-state index in [1.54, 1.807) is 6.20 Å². The third-order valence-corrected chi connectivity index (χ3v) is 2.99. The molecule has 0 spiro atoms. The molecule has 0 saturated heterocycles. The van der Waals surface area contributed by atoms with E-state index in [0.717, 1.165) is 12.5 Å². The van der Waals surface area contributed by atoms with Crippen molar-refractivity contribution in [2.45, 2.75) is 19.9 Å². The second kappa shape index (κ2) is 5.16. The maximum atomic E-state index is 10.9. The third kappa shape index (κ3) is 4.33. The molecule has 1 aromatic rings. The Labute approximate surface area is 90.4 Å². The Morgan fingerprint density at radius 1 is 1.53 bits per heavy atom. The number of aryl methyl sites for hydroxylation is 1. The highest BCUT2D eigenvalue weighted by Gasteiger charge is 2.04. The summed E-state index contributed by atoms with van der Waals surface area (Å²) >= 11 is 0. The van der Waals surface area contributed by atoms with Crippen LogP contribution in [0.25, 0.3) is 0 Å². The van der Waals surface area contributed by atoms with Crippen molar-refractivity contribution >= 4 is 15.8 Å². The molecular weight excluding hydrogens is 214 g/mol. The largest absolute Gasteiger partial charge is 0.356 e. The van der Waals surface area contributed by atoms with Gasteiger partial charge in [0.15, 0.2) is 0 Å². The highest BCUT2D eigenvalue weighted by atomic mass is 32.2. The van der Waals surface area contributed by atoms with Gasteiger partial charge in [0.05, 0.1) is 5.75 Å². The number of anilines is 1. The second-order valence-corrected chi connectivity index (χ2v) is 5.72. The van der Waals surface area contributed by atoms with Crippen LogP contribution >= 0.6 is 0 Å². The molecule has 5 nitrogen and oxygen atoms in total. The predicted octanol–water partition coefficient (Wildman–Crippen LogP) is 0.750. The van der Waals surface area contributed by atoms with E-state index in [2.05, 4.69) is 10.3 Å². The van der Waals surface area contributed by atoms with Crippen LogP contribution in [0.15, 0.2) is 12.4 Å². The van der Waals surface area contributed by atoms with Crippen LogP contribution in [0.1, 0.15) is 13.3 Å². The van der Waals surface area contributed by atoms with Gasteiger partial charge in [0.2, 0.25) is 5.95 Å². The first-order valence-corrected chi connectivity index (χ1v) is 7.01. The maximum absolute atomic E-state index is 10.9. The molecule has 86 valence electrons. The summed E-state index contributed by atoms with van der Waals surface area (Å²) in [6.45, 7) is 3.48. The van der Waals surface area contributed by atoms with Crippen molar-refractivity contribution in [1.29, 1.82) is 0 Å². The van der Waals surface area contributed by atoms with Crippen LogP contribution in [0.2, 0.25) is 0 Å². The minimum Gasteiger partial charge on any atom is -0.356 e. The van der Waals surface area contributed by atoms with Gasteiger partial charge < -0.3 is 9.88 Å². The third-order valence-electron chi connectivity index (χ3n) is 1.96. The van der Waals surface area contributed by atoms with E-state index < -0.39 is 9.84 Å². The smallest absolute Gasteiger partial charge is 0.202 e. The molecule has 0 saturated carbocycles. The normalized spacial score (nSPS) is 11.6. The molecule has 0 unspecified atom stereocenters. The maximum Gasteiger partial charge on any atom is 0.202 e. The summed E-state index contributed by atoms with van der Waals surface area (Å²) in [6, 6.07) is 0. The van der Waals surface area contributed by atoms with E-state index in [9.17, 15) is 8.42 Å². The molecule has 1 heterocycles. The Hall–Kier alpha value is -1.04. The van der Waals surface area contributed by atoms with Gasteiger partial charge >= 0.3 is 0 Å². The lowest BCUT2D eigenvalue weighted by molar-refractivity contribution is 0.592. The molecular formula is C9H17N3O2S. The van der Waals surface area contributed by atoms with E-state index in [0.29, 0.717) is 13.0 Å². The lowest BCUT2D eigenvalue weighted by Gasteiger charge is -2.07. The molecule has 0 aliphatic rings. The van der Waals surface area contributed by atoms with Crippen LogP contribution in [-0.2, 0) is 16.4 Å². The number of imidazole rings is 1. The molecule has 0 fully saturated rings. The predicted molar refractivity (Wildman–Crippen MR) is 60.7 cm³/mol. The number of hydrogen-bond acceptors (Lipinski definition) is 4. The summed E-state index contributed by atoms with van der Waals surface area (Å²) in [7, 11) is -2.86. The van der Waals surface area contributed by atoms with E-state index >= 15 is 0 Å². The zero-order valence-electron chi connectivity index (χ0n) is 9.10. The van der Waals surface area contributed by atoms with Gasteiger partial charge in [-0.15, -0.1) is 0 Å². The van der Waals surface area contributed by atoms with Crippen LogP contribution < -0.4 is 5.32 Å². The molecule has 0 amide bonds. The van der Waals surface area contributed by atoms with Crippen molar-refractivity contribution in [1.82, 2.24) is 9.55 Å².